The monoisotopic (exact) mass is 397 g/mol. The summed E-state index contributed by atoms with van der Waals surface area (Å²) in [7, 11) is 4.82. The number of ether oxygens (including phenoxy) is 4. The van der Waals surface area contributed by atoms with Gasteiger partial charge in [0.15, 0.2) is 17.3 Å². The summed E-state index contributed by atoms with van der Waals surface area (Å²) >= 11 is 0. The first-order valence-corrected chi connectivity index (χ1v) is 9.56. The summed E-state index contributed by atoms with van der Waals surface area (Å²) in [6.45, 7) is 3.92. The quantitative estimate of drug-likeness (QED) is 0.502. The maximum atomic E-state index is 12.8. The minimum Gasteiger partial charge on any atom is -0.496 e. The van der Waals surface area contributed by atoms with Crippen molar-refractivity contribution in [2.45, 2.75) is 6.54 Å². The van der Waals surface area contributed by atoms with Crippen LogP contribution < -0.4 is 14.2 Å². The fraction of sp³-hybridized carbons (Fsp3) is 0.348. The van der Waals surface area contributed by atoms with Gasteiger partial charge < -0.3 is 18.9 Å². The second-order valence-corrected chi connectivity index (χ2v) is 6.70. The molecular weight excluding hydrogens is 370 g/mol. The normalized spacial score (nSPS) is 14.7. The van der Waals surface area contributed by atoms with Crippen molar-refractivity contribution >= 4 is 11.9 Å². The van der Waals surface area contributed by atoms with Crippen LogP contribution >= 0.6 is 0 Å². The molecule has 3 rings (SSSR count). The second kappa shape index (κ2) is 10.1. The molecule has 6 heteroatoms. The molecule has 1 aliphatic heterocycles. The zero-order valence-electron chi connectivity index (χ0n) is 17.1. The summed E-state index contributed by atoms with van der Waals surface area (Å²) in [5, 5.41) is 0. The van der Waals surface area contributed by atoms with E-state index in [-0.39, 0.29) is 5.78 Å². The third-order valence-corrected chi connectivity index (χ3v) is 4.91. The molecule has 1 saturated heterocycles. The highest BCUT2D eigenvalue weighted by Crippen LogP contribution is 2.31. The number of methoxy groups -OCH3 is 3. The van der Waals surface area contributed by atoms with E-state index in [1.807, 2.05) is 30.3 Å². The van der Waals surface area contributed by atoms with Crippen LogP contribution in [0.3, 0.4) is 0 Å². The molecule has 6 nitrogen and oxygen atoms in total. The highest BCUT2D eigenvalue weighted by molar-refractivity contribution is 6.07. The van der Waals surface area contributed by atoms with Crippen molar-refractivity contribution in [3.63, 3.8) is 0 Å². The van der Waals surface area contributed by atoms with E-state index in [9.17, 15) is 4.79 Å². The zero-order chi connectivity index (χ0) is 20.6. The molecule has 29 heavy (non-hydrogen) atoms. The van der Waals surface area contributed by atoms with Crippen molar-refractivity contribution in [1.82, 2.24) is 4.90 Å². The van der Waals surface area contributed by atoms with E-state index in [1.54, 1.807) is 39.5 Å². The minimum atomic E-state index is -0.0826. The number of ketones is 1. The second-order valence-electron chi connectivity index (χ2n) is 6.70. The predicted octanol–water partition coefficient (Wildman–Crippen LogP) is 3.44. The molecule has 2 aromatic carbocycles. The molecule has 0 unspecified atom stereocenters. The van der Waals surface area contributed by atoms with Gasteiger partial charge in [-0.3, -0.25) is 9.69 Å². The molecule has 0 radical (unpaired) electrons. The number of morpholine rings is 1. The van der Waals surface area contributed by atoms with E-state index >= 15 is 0 Å². The van der Waals surface area contributed by atoms with Crippen molar-refractivity contribution < 1.29 is 23.7 Å². The lowest BCUT2D eigenvalue weighted by Gasteiger charge is -2.27. The Morgan fingerprint density at radius 2 is 1.79 bits per heavy atom. The zero-order valence-corrected chi connectivity index (χ0v) is 17.1. The Bertz CT molecular complexity index is 872. The number of rotatable bonds is 8. The first-order chi connectivity index (χ1) is 14.2. The Balaban J connectivity index is 1.80. The van der Waals surface area contributed by atoms with Gasteiger partial charge >= 0.3 is 0 Å². The molecular formula is C23H27NO5. The molecule has 0 aliphatic carbocycles. The largest absolute Gasteiger partial charge is 0.496 e. The number of nitrogens with zero attached hydrogens (tertiary/aromatic N) is 1. The third-order valence-electron chi connectivity index (χ3n) is 4.91. The number of benzene rings is 2. The summed E-state index contributed by atoms with van der Waals surface area (Å²) in [6.07, 6.45) is 3.30. The smallest absolute Gasteiger partial charge is 0.185 e. The van der Waals surface area contributed by atoms with Gasteiger partial charge in [-0.05, 0) is 36.4 Å². The lowest BCUT2D eigenvalue weighted by Crippen LogP contribution is -2.35. The highest BCUT2D eigenvalue weighted by Gasteiger charge is 2.15. The van der Waals surface area contributed by atoms with Crippen LogP contribution in [0.5, 0.6) is 17.2 Å². The predicted molar refractivity (Wildman–Crippen MR) is 112 cm³/mol. The maximum Gasteiger partial charge on any atom is 0.185 e. The summed E-state index contributed by atoms with van der Waals surface area (Å²) in [5.74, 6) is 1.92. The molecule has 154 valence electrons. The Morgan fingerprint density at radius 3 is 2.48 bits per heavy atom. The number of allylic oxidation sites excluding steroid dienone is 1. The number of hydrogen-bond acceptors (Lipinski definition) is 6. The summed E-state index contributed by atoms with van der Waals surface area (Å²) in [6, 6.07) is 11.1. The Morgan fingerprint density at radius 1 is 1.03 bits per heavy atom. The minimum absolute atomic E-state index is 0.0826. The fourth-order valence-corrected chi connectivity index (χ4v) is 3.36. The van der Waals surface area contributed by atoms with Gasteiger partial charge in [0.2, 0.25) is 0 Å². The van der Waals surface area contributed by atoms with Gasteiger partial charge in [0, 0.05) is 36.3 Å². The first kappa shape index (κ1) is 20.9. The van der Waals surface area contributed by atoms with Gasteiger partial charge in [-0.15, -0.1) is 0 Å². The van der Waals surface area contributed by atoms with Gasteiger partial charge in [0.05, 0.1) is 34.5 Å². The molecule has 1 aliphatic rings. The van der Waals surface area contributed by atoms with Crippen LogP contribution in [0.1, 0.15) is 21.5 Å². The topological polar surface area (TPSA) is 57.2 Å². The lowest BCUT2D eigenvalue weighted by molar-refractivity contribution is 0.0338. The Labute approximate surface area is 171 Å². The van der Waals surface area contributed by atoms with E-state index in [0.29, 0.717) is 17.1 Å². The van der Waals surface area contributed by atoms with Crippen LogP contribution in [0, 0.1) is 0 Å². The SMILES string of the molecule is COc1ccc(C(=O)/C=C/c2cccc(OC)c2OC)cc1CN1CCOCC1. The van der Waals surface area contributed by atoms with Crippen molar-refractivity contribution in [2.75, 3.05) is 47.6 Å². The van der Waals surface area contributed by atoms with E-state index in [0.717, 1.165) is 49.7 Å². The molecule has 0 amide bonds. The van der Waals surface area contributed by atoms with Crippen LogP contribution in [-0.4, -0.2) is 58.3 Å². The average Bonchev–Trinajstić information content (AvgIpc) is 2.77. The molecule has 0 saturated carbocycles. The number of carbonyl (C=O) groups is 1. The first-order valence-electron chi connectivity index (χ1n) is 9.56. The van der Waals surface area contributed by atoms with Gasteiger partial charge in [-0.2, -0.15) is 0 Å². The van der Waals surface area contributed by atoms with Crippen LogP contribution in [0.25, 0.3) is 6.08 Å². The molecule has 1 heterocycles. The van der Waals surface area contributed by atoms with E-state index < -0.39 is 0 Å². The van der Waals surface area contributed by atoms with Gasteiger partial charge in [-0.1, -0.05) is 12.1 Å². The third kappa shape index (κ3) is 5.16. The number of para-hydroxylation sites is 1. The average molecular weight is 397 g/mol. The number of carbonyl (C=O) groups excluding carboxylic acids is 1. The molecule has 0 spiro atoms. The molecule has 0 aromatic heterocycles. The van der Waals surface area contributed by atoms with Gasteiger partial charge in [0.25, 0.3) is 0 Å². The van der Waals surface area contributed by atoms with Crippen LogP contribution in [0.15, 0.2) is 42.5 Å². The Kier molecular flexibility index (Phi) is 7.27. The number of hydrogen-bond donors (Lipinski definition) is 0. The molecule has 2 aromatic rings. The molecule has 0 atom stereocenters. The van der Waals surface area contributed by atoms with Crippen LogP contribution in [0.2, 0.25) is 0 Å². The summed E-state index contributed by atoms with van der Waals surface area (Å²) in [5.41, 5.74) is 2.39. The maximum absolute atomic E-state index is 12.8. The summed E-state index contributed by atoms with van der Waals surface area (Å²) in [4.78, 5) is 15.1. The Hall–Kier alpha value is -2.83. The molecule has 0 N–H and O–H groups in total. The van der Waals surface area contributed by atoms with Crippen molar-refractivity contribution in [2.24, 2.45) is 0 Å². The highest BCUT2D eigenvalue weighted by atomic mass is 16.5. The van der Waals surface area contributed by atoms with E-state index in [1.165, 1.54) is 0 Å². The van der Waals surface area contributed by atoms with Crippen LogP contribution in [-0.2, 0) is 11.3 Å². The van der Waals surface area contributed by atoms with Crippen molar-refractivity contribution in [1.29, 1.82) is 0 Å². The lowest BCUT2D eigenvalue weighted by atomic mass is 10.0. The van der Waals surface area contributed by atoms with Crippen molar-refractivity contribution in [3.05, 3.63) is 59.2 Å². The van der Waals surface area contributed by atoms with E-state index in [2.05, 4.69) is 4.90 Å². The van der Waals surface area contributed by atoms with Gasteiger partial charge in [-0.25, -0.2) is 0 Å². The summed E-state index contributed by atoms with van der Waals surface area (Å²) < 4.78 is 21.6. The molecule has 1 fully saturated rings. The van der Waals surface area contributed by atoms with Gasteiger partial charge in [0.1, 0.15) is 5.75 Å². The van der Waals surface area contributed by atoms with Crippen LogP contribution in [0.4, 0.5) is 0 Å². The standard InChI is InChI=1S/C23H27NO5/c1-26-21-10-8-18(15-19(21)16-24-11-13-29-14-12-24)20(25)9-7-17-5-4-6-22(27-2)23(17)28-3/h4-10,15H,11-14,16H2,1-3H3/b9-7+. The van der Waals surface area contributed by atoms with Crippen molar-refractivity contribution in [3.8, 4) is 17.2 Å². The fourth-order valence-electron chi connectivity index (χ4n) is 3.36. The molecule has 0 bridgehead atoms. The van der Waals surface area contributed by atoms with E-state index in [4.69, 9.17) is 18.9 Å².